The molecule has 0 aliphatic heterocycles. The summed E-state index contributed by atoms with van der Waals surface area (Å²) < 4.78 is 0. The molecular formula is C14H19NOS2. The quantitative estimate of drug-likeness (QED) is 0.848. The topological polar surface area (TPSA) is 32.3 Å². The molecule has 2 aromatic rings. The molecular weight excluding hydrogens is 262 g/mol. The maximum atomic E-state index is 9.27. The molecule has 98 valence electrons. The summed E-state index contributed by atoms with van der Waals surface area (Å²) >= 11 is 3.54. The molecule has 0 radical (unpaired) electrons. The molecule has 0 aliphatic rings. The molecule has 1 atom stereocenters. The summed E-state index contributed by atoms with van der Waals surface area (Å²) in [5, 5.41) is 17.0. The summed E-state index contributed by atoms with van der Waals surface area (Å²) in [4.78, 5) is 2.64. The van der Waals surface area contributed by atoms with Crippen molar-refractivity contribution in [3.8, 4) is 10.4 Å². The van der Waals surface area contributed by atoms with E-state index in [1.54, 1.807) is 22.7 Å². The SMILES string of the molecule is CC(C)[C@@H](CO)NCc1cc(-c2cccs2)cs1. The van der Waals surface area contributed by atoms with Gasteiger partial charge in [-0.3, -0.25) is 0 Å². The highest BCUT2D eigenvalue weighted by atomic mass is 32.1. The molecule has 0 aliphatic carbocycles. The highest BCUT2D eigenvalue weighted by Crippen LogP contribution is 2.29. The molecule has 2 aromatic heterocycles. The molecule has 2 heterocycles. The fraction of sp³-hybridized carbons (Fsp3) is 0.429. The summed E-state index contributed by atoms with van der Waals surface area (Å²) in [5.74, 6) is 0.451. The third-order valence-electron chi connectivity index (χ3n) is 3.00. The van der Waals surface area contributed by atoms with E-state index in [4.69, 9.17) is 0 Å². The van der Waals surface area contributed by atoms with E-state index < -0.39 is 0 Å². The Kier molecular flexibility index (Phi) is 4.95. The first-order valence-corrected chi connectivity index (χ1v) is 7.92. The van der Waals surface area contributed by atoms with Crippen LogP contribution in [-0.4, -0.2) is 17.8 Å². The molecule has 4 heteroatoms. The first-order valence-electron chi connectivity index (χ1n) is 6.16. The molecule has 0 fully saturated rings. The first kappa shape index (κ1) is 13.7. The summed E-state index contributed by atoms with van der Waals surface area (Å²) in [7, 11) is 0. The summed E-state index contributed by atoms with van der Waals surface area (Å²) in [6.45, 7) is 5.28. The Balaban J connectivity index is 1.95. The molecule has 18 heavy (non-hydrogen) atoms. The number of rotatable bonds is 6. The van der Waals surface area contributed by atoms with Gasteiger partial charge < -0.3 is 10.4 Å². The normalized spacial score (nSPS) is 13.1. The minimum Gasteiger partial charge on any atom is -0.395 e. The zero-order chi connectivity index (χ0) is 13.0. The van der Waals surface area contributed by atoms with Gasteiger partial charge in [0.25, 0.3) is 0 Å². The summed E-state index contributed by atoms with van der Waals surface area (Å²) in [6, 6.07) is 6.64. The lowest BCUT2D eigenvalue weighted by molar-refractivity contribution is 0.210. The average Bonchev–Trinajstić information content (AvgIpc) is 2.99. The van der Waals surface area contributed by atoms with Gasteiger partial charge in [0, 0.05) is 27.9 Å². The lowest BCUT2D eigenvalue weighted by atomic mass is 10.1. The molecule has 0 saturated heterocycles. The van der Waals surface area contributed by atoms with Crippen LogP contribution >= 0.6 is 22.7 Å². The molecule has 0 bridgehead atoms. The predicted molar refractivity (Wildman–Crippen MR) is 80.2 cm³/mol. The van der Waals surface area contributed by atoms with Gasteiger partial charge in [-0.15, -0.1) is 22.7 Å². The van der Waals surface area contributed by atoms with Crippen LogP contribution < -0.4 is 5.32 Å². The van der Waals surface area contributed by atoms with Gasteiger partial charge in [-0.2, -0.15) is 0 Å². The van der Waals surface area contributed by atoms with Crippen LogP contribution in [0.1, 0.15) is 18.7 Å². The monoisotopic (exact) mass is 281 g/mol. The fourth-order valence-electron chi connectivity index (χ4n) is 1.79. The lowest BCUT2D eigenvalue weighted by Crippen LogP contribution is -2.36. The van der Waals surface area contributed by atoms with Crippen molar-refractivity contribution in [2.75, 3.05) is 6.61 Å². The Morgan fingerprint density at radius 2 is 2.17 bits per heavy atom. The number of hydrogen-bond acceptors (Lipinski definition) is 4. The Morgan fingerprint density at radius 3 is 2.78 bits per heavy atom. The van der Waals surface area contributed by atoms with Crippen LogP contribution in [0.25, 0.3) is 10.4 Å². The maximum Gasteiger partial charge on any atom is 0.0587 e. The lowest BCUT2D eigenvalue weighted by Gasteiger charge is -2.19. The zero-order valence-electron chi connectivity index (χ0n) is 10.7. The van der Waals surface area contributed by atoms with E-state index in [9.17, 15) is 5.11 Å². The van der Waals surface area contributed by atoms with Crippen LogP contribution in [-0.2, 0) is 6.54 Å². The largest absolute Gasteiger partial charge is 0.395 e. The number of thiophene rings is 2. The second kappa shape index (κ2) is 6.48. The third-order valence-corrected chi connectivity index (χ3v) is 4.86. The van der Waals surface area contributed by atoms with E-state index in [-0.39, 0.29) is 12.6 Å². The molecule has 0 amide bonds. The summed E-state index contributed by atoms with van der Waals surface area (Å²) in [6.07, 6.45) is 0. The fourth-order valence-corrected chi connectivity index (χ4v) is 3.41. The van der Waals surface area contributed by atoms with Crippen molar-refractivity contribution in [3.05, 3.63) is 33.8 Å². The van der Waals surface area contributed by atoms with Crippen molar-refractivity contribution in [2.45, 2.75) is 26.4 Å². The van der Waals surface area contributed by atoms with Crippen LogP contribution in [0.4, 0.5) is 0 Å². The predicted octanol–water partition coefficient (Wildman–Crippen LogP) is 3.58. The Morgan fingerprint density at radius 1 is 1.33 bits per heavy atom. The van der Waals surface area contributed by atoms with Gasteiger partial charge in [0.1, 0.15) is 0 Å². The van der Waals surface area contributed by atoms with Crippen LogP contribution in [0, 0.1) is 5.92 Å². The van der Waals surface area contributed by atoms with Gasteiger partial charge in [0.2, 0.25) is 0 Å². The van der Waals surface area contributed by atoms with E-state index >= 15 is 0 Å². The minimum atomic E-state index is 0.178. The molecule has 2 rings (SSSR count). The number of aliphatic hydroxyl groups is 1. The van der Waals surface area contributed by atoms with Crippen LogP contribution in [0.3, 0.4) is 0 Å². The van der Waals surface area contributed by atoms with Crippen molar-refractivity contribution < 1.29 is 5.11 Å². The van der Waals surface area contributed by atoms with Crippen molar-refractivity contribution in [1.82, 2.24) is 5.32 Å². The van der Waals surface area contributed by atoms with Gasteiger partial charge >= 0.3 is 0 Å². The molecule has 2 nitrogen and oxygen atoms in total. The minimum absolute atomic E-state index is 0.178. The van der Waals surface area contributed by atoms with Gasteiger partial charge in [-0.05, 0) is 28.8 Å². The van der Waals surface area contributed by atoms with Crippen molar-refractivity contribution in [1.29, 1.82) is 0 Å². The zero-order valence-corrected chi connectivity index (χ0v) is 12.4. The van der Waals surface area contributed by atoms with E-state index in [1.807, 2.05) is 0 Å². The van der Waals surface area contributed by atoms with Crippen molar-refractivity contribution in [3.63, 3.8) is 0 Å². The van der Waals surface area contributed by atoms with E-state index in [2.05, 4.69) is 48.1 Å². The Labute approximate surface area is 116 Å². The third kappa shape index (κ3) is 3.42. The van der Waals surface area contributed by atoms with E-state index in [0.717, 1.165) is 6.54 Å². The smallest absolute Gasteiger partial charge is 0.0587 e. The molecule has 0 aromatic carbocycles. The number of aliphatic hydroxyl groups excluding tert-OH is 1. The molecule has 0 spiro atoms. The van der Waals surface area contributed by atoms with Gasteiger partial charge in [-0.25, -0.2) is 0 Å². The Bertz CT molecular complexity index is 462. The highest BCUT2D eigenvalue weighted by Gasteiger charge is 2.11. The standard InChI is InChI=1S/C14H19NOS2/c1-10(2)13(8-16)15-7-12-6-11(9-18-12)14-4-3-5-17-14/h3-6,9-10,13,15-16H,7-8H2,1-2H3/t13-/m1/s1. The second-order valence-electron chi connectivity index (χ2n) is 4.69. The second-order valence-corrected chi connectivity index (χ2v) is 6.64. The van der Waals surface area contributed by atoms with Crippen molar-refractivity contribution >= 4 is 22.7 Å². The molecule has 0 saturated carbocycles. The number of hydrogen-bond donors (Lipinski definition) is 2. The maximum absolute atomic E-state index is 9.27. The first-order chi connectivity index (χ1) is 8.70. The van der Waals surface area contributed by atoms with E-state index in [1.165, 1.54) is 15.3 Å². The van der Waals surface area contributed by atoms with Gasteiger partial charge in [0.15, 0.2) is 0 Å². The molecule has 0 unspecified atom stereocenters. The van der Waals surface area contributed by atoms with Gasteiger partial charge in [-0.1, -0.05) is 19.9 Å². The number of nitrogens with one attached hydrogen (secondary N) is 1. The summed E-state index contributed by atoms with van der Waals surface area (Å²) in [5.41, 5.74) is 1.30. The van der Waals surface area contributed by atoms with Crippen LogP contribution in [0.15, 0.2) is 29.0 Å². The highest BCUT2D eigenvalue weighted by molar-refractivity contribution is 7.14. The van der Waals surface area contributed by atoms with Crippen LogP contribution in [0.2, 0.25) is 0 Å². The molecule has 2 N–H and O–H groups in total. The van der Waals surface area contributed by atoms with Crippen molar-refractivity contribution in [2.24, 2.45) is 5.92 Å². The van der Waals surface area contributed by atoms with Crippen LogP contribution in [0.5, 0.6) is 0 Å². The Hall–Kier alpha value is -0.680. The van der Waals surface area contributed by atoms with Gasteiger partial charge in [0.05, 0.1) is 6.61 Å². The average molecular weight is 281 g/mol. The van der Waals surface area contributed by atoms with E-state index in [0.29, 0.717) is 5.92 Å².